The number of hydrogen-bond acceptors (Lipinski definition) is 2. The van der Waals surface area contributed by atoms with Gasteiger partial charge in [-0.3, -0.25) is 4.79 Å². The first-order valence-electron chi connectivity index (χ1n) is 4.65. The van der Waals surface area contributed by atoms with Crippen molar-refractivity contribution in [3.05, 3.63) is 45.6 Å². The quantitative estimate of drug-likeness (QED) is 0.674. The van der Waals surface area contributed by atoms with E-state index in [0.29, 0.717) is 12.0 Å². The predicted molar refractivity (Wildman–Crippen MR) is 63.9 cm³/mol. The van der Waals surface area contributed by atoms with Gasteiger partial charge in [0.05, 0.1) is 5.76 Å². The van der Waals surface area contributed by atoms with Crippen LogP contribution in [0.15, 0.2) is 40.1 Å². The molecule has 0 atom stereocenters. The van der Waals surface area contributed by atoms with Gasteiger partial charge in [-0.05, 0) is 31.5 Å². The van der Waals surface area contributed by atoms with Gasteiger partial charge < -0.3 is 5.11 Å². The van der Waals surface area contributed by atoms with E-state index >= 15 is 0 Å². The third-order valence-corrected chi connectivity index (χ3v) is 2.68. The number of ketones is 1. The molecule has 0 aliphatic rings. The zero-order chi connectivity index (χ0) is 11.4. The average Bonchev–Trinajstić information content (AvgIpc) is 2.15. The summed E-state index contributed by atoms with van der Waals surface area (Å²) < 4.78 is 1.00. The van der Waals surface area contributed by atoms with E-state index in [-0.39, 0.29) is 11.5 Å². The van der Waals surface area contributed by atoms with Crippen LogP contribution in [0.25, 0.3) is 0 Å². The van der Waals surface area contributed by atoms with E-state index < -0.39 is 0 Å². The van der Waals surface area contributed by atoms with Crippen molar-refractivity contribution in [1.29, 1.82) is 0 Å². The molecule has 0 amide bonds. The lowest BCUT2D eigenvalue weighted by molar-refractivity contribution is -0.113. The van der Waals surface area contributed by atoms with Gasteiger partial charge >= 0.3 is 0 Å². The van der Waals surface area contributed by atoms with Crippen molar-refractivity contribution in [3.8, 4) is 0 Å². The fourth-order valence-electron chi connectivity index (χ4n) is 1.31. The van der Waals surface area contributed by atoms with E-state index in [1.165, 1.54) is 13.8 Å². The van der Waals surface area contributed by atoms with Gasteiger partial charge in [0.15, 0.2) is 5.78 Å². The lowest BCUT2D eigenvalue weighted by Crippen LogP contribution is -2.03. The van der Waals surface area contributed by atoms with Crippen molar-refractivity contribution in [2.24, 2.45) is 0 Å². The number of aliphatic hydroxyl groups excluding tert-OH is 1. The molecule has 0 aromatic heterocycles. The summed E-state index contributed by atoms with van der Waals surface area (Å²) in [6.07, 6.45) is 0.477. The molecule has 0 saturated carbocycles. The molecule has 0 saturated heterocycles. The van der Waals surface area contributed by atoms with Crippen molar-refractivity contribution in [3.63, 3.8) is 0 Å². The van der Waals surface area contributed by atoms with Crippen LogP contribution in [0.2, 0.25) is 0 Å². The number of rotatable bonds is 3. The molecule has 1 aromatic carbocycles. The second kappa shape index (κ2) is 5.12. The summed E-state index contributed by atoms with van der Waals surface area (Å²) >= 11 is 3.34. The van der Waals surface area contributed by atoms with Gasteiger partial charge in [-0.15, -0.1) is 0 Å². The highest BCUT2D eigenvalue weighted by molar-refractivity contribution is 9.10. The summed E-state index contributed by atoms with van der Waals surface area (Å²) in [6.45, 7) is 3.00. The van der Waals surface area contributed by atoms with Crippen LogP contribution in [-0.2, 0) is 11.2 Å². The molecule has 15 heavy (non-hydrogen) atoms. The number of allylic oxidation sites excluding steroid dienone is 2. The fraction of sp³-hybridized carbons (Fsp3) is 0.250. The predicted octanol–water partition coefficient (Wildman–Crippen LogP) is 3.41. The minimum Gasteiger partial charge on any atom is -0.512 e. The van der Waals surface area contributed by atoms with Gasteiger partial charge in [-0.2, -0.15) is 0 Å². The normalized spacial score (nSPS) is 12.2. The zero-order valence-electron chi connectivity index (χ0n) is 8.75. The molecule has 3 heteroatoms. The lowest BCUT2D eigenvalue weighted by atomic mass is 10.0. The molecule has 0 heterocycles. The van der Waals surface area contributed by atoms with E-state index in [1.807, 2.05) is 24.3 Å². The van der Waals surface area contributed by atoms with Gasteiger partial charge in [0.25, 0.3) is 0 Å². The molecule has 0 radical (unpaired) electrons. The Labute approximate surface area is 97.8 Å². The molecule has 1 rings (SSSR count). The highest BCUT2D eigenvalue weighted by Crippen LogP contribution is 2.15. The number of carbonyl (C=O) groups is 1. The van der Waals surface area contributed by atoms with Gasteiger partial charge in [-0.1, -0.05) is 28.1 Å². The van der Waals surface area contributed by atoms with Crippen molar-refractivity contribution in [2.45, 2.75) is 20.3 Å². The Balaban J connectivity index is 2.90. The van der Waals surface area contributed by atoms with E-state index in [1.54, 1.807) is 0 Å². The van der Waals surface area contributed by atoms with Crippen molar-refractivity contribution in [2.75, 3.05) is 0 Å². The van der Waals surface area contributed by atoms with Crippen molar-refractivity contribution < 1.29 is 9.90 Å². The number of carbonyl (C=O) groups excluding carboxylic acids is 1. The van der Waals surface area contributed by atoms with Crippen LogP contribution in [0.4, 0.5) is 0 Å². The number of halogens is 1. The first kappa shape index (κ1) is 12.0. The maximum atomic E-state index is 11.2. The van der Waals surface area contributed by atoms with Gasteiger partial charge in [-0.25, -0.2) is 0 Å². The van der Waals surface area contributed by atoms with Gasteiger partial charge in [0.1, 0.15) is 0 Å². The highest BCUT2D eigenvalue weighted by atomic mass is 79.9. The largest absolute Gasteiger partial charge is 0.512 e. The molecule has 80 valence electrons. The first-order chi connectivity index (χ1) is 7.00. The SMILES string of the molecule is CC(=O)C(Cc1ccc(Br)cc1)=C(C)O. The number of hydrogen-bond donors (Lipinski definition) is 1. The molecule has 0 aliphatic heterocycles. The molecular weight excluding hydrogens is 256 g/mol. The topological polar surface area (TPSA) is 37.3 Å². The van der Waals surface area contributed by atoms with Crippen LogP contribution in [0.3, 0.4) is 0 Å². The summed E-state index contributed by atoms with van der Waals surface area (Å²) in [5.74, 6) is 0.0170. The number of aliphatic hydroxyl groups is 1. The Kier molecular flexibility index (Phi) is 4.09. The maximum Gasteiger partial charge on any atom is 0.159 e. The lowest BCUT2D eigenvalue weighted by Gasteiger charge is -2.05. The van der Waals surface area contributed by atoms with Crippen LogP contribution in [-0.4, -0.2) is 10.9 Å². The van der Waals surface area contributed by atoms with Crippen LogP contribution in [0.5, 0.6) is 0 Å². The third kappa shape index (κ3) is 3.51. The Morgan fingerprint density at radius 2 is 1.80 bits per heavy atom. The Morgan fingerprint density at radius 1 is 1.27 bits per heavy atom. The van der Waals surface area contributed by atoms with Crippen molar-refractivity contribution >= 4 is 21.7 Å². The average molecular weight is 269 g/mol. The van der Waals surface area contributed by atoms with Crippen LogP contribution in [0.1, 0.15) is 19.4 Å². The number of Topliss-reactive ketones (excluding diaryl/α,β-unsaturated/α-hetero) is 1. The second-order valence-corrected chi connectivity index (χ2v) is 4.34. The smallest absolute Gasteiger partial charge is 0.159 e. The molecule has 0 aliphatic carbocycles. The Morgan fingerprint density at radius 3 is 2.20 bits per heavy atom. The maximum absolute atomic E-state index is 11.2. The zero-order valence-corrected chi connectivity index (χ0v) is 10.3. The molecule has 2 nitrogen and oxygen atoms in total. The first-order valence-corrected chi connectivity index (χ1v) is 5.44. The summed E-state index contributed by atoms with van der Waals surface area (Å²) in [5.41, 5.74) is 1.48. The molecular formula is C12H13BrO2. The summed E-state index contributed by atoms with van der Waals surface area (Å²) in [5, 5.41) is 9.35. The second-order valence-electron chi connectivity index (χ2n) is 3.42. The third-order valence-electron chi connectivity index (χ3n) is 2.16. The standard InChI is InChI=1S/C12H13BrO2/c1-8(14)12(9(2)15)7-10-3-5-11(13)6-4-10/h3-6,14H,7H2,1-2H3. The minimum atomic E-state index is -0.0853. The summed E-state index contributed by atoms with van der Waals surface area (Å²) in [4.78, 5) is 11.2. The molecule has 1 aromatic rings. The van der Waals surface area contributed by atoms with E-state index in [0.717, 1.165) is 10.0 Å². The minimum absolute atomic E-state index is 0.0853. The molecule has 1 N–H and O–H groups in total. The van der Waals surface area contributed by atoms with Crippen LogP contribution >= 0.6 is 15.9 Å². The fourth-order valence-corrected chi connectivity index (χ4v) is 1.58. The van der Waals surface area contributed by atoms with E-state index in [4.69, 9.17) is 0 Å². The summed E-state index contributed by atoms with van der Waals surface area (Å²) in [7, 11) is 0. The van der Waals surface area contributed by atoms with E-state index in [9.17, 15) is 9.90 Å². The molecule has 0 spiro atoms. The van der Waals surface area contributed by atoms with Crippen molar-refractivity contribution in [1.82, 2.24) is 0 Å². The molecule has 0 fully saturated rings. The monoisotopic (exact) mass is 268 g/mol. The van der Waals surface area contributed by atoms with Crippen LogP contribution in [0, 0.1) is 0 Å². The summed E-state index contributed by atoms with van der Waals surface area (Å²) in [6, 6.07) is 7.69. The number of benzene rings is 1. The highest BCUT2D eigenvalue weighted by Gasteiger charge is 2.08. The van der Waals surface area contributed by atoms with Gasteiger partial charge in [0, 0.05) is 16.5 Å². The molecule has 0 unspecified atom stereocenters. The molecule has 0 bridgehead atoms. The van der Waals surface area contributed by atoms with Crippen LogP contribution < -0.4 is 0 Å². The Hall–Kier alpha value is -1.09. The van der Waals surface area contributed by atoms with E-state index in [2.05, 4.69) is 15.9 Å². The Bertz CT molecular complexity index is 387. The van der Waals surface area contributed by atoms with Gasteiger partial charge in [0.2, 0.25) is 0 Å².